The summed E-state index contributed by atoms with van der Waals surface area (Å²) in [5.74, 6) is 0.535. The second-order valence-electron chi connectivity index (χ2n) is 7.47. The average Bonchev–Trinajstić information content (AvgIpc) is 3.13. The molecule has 1 aliphatic rings. The van der Waals surface area contributed by atoms with Gasteiger partial charge in [-0.15, -0.1) is 0 Å². The lowest BCUT2D eigenvalue weighted by Gasteiger charge is -2.25. The van der Waals surface area contributed by atoms with Gasteiger partial charge in [0.05, 0.1) is 42.7 Å². The number of halogens is 1. The Bertz CT molecular complexity index is 1450. The first-order valence-electron chi connectivity index (χ1n) is 10.5. The van der Waals surface area contributed by atoms with Gasteiger partial charge in [0.15, 0.2) is 16.3 Å². The van der Waals surface area contributed by atoms with Crippen LogP contribution in [-0.4, -0.2) is 31.4 Å². The standard InChI is InChI=1S/C25H23BrN2O5S/c1-5-33-24(30)21-14(2)27-25-28(22(21)16-8-11-18(31-3)19(13-16)32-4)23(29)20(34-25)12-15-6-9-17(26)10-7-15/h6-13,22H,5H2,1-4H3/b20-12-/t22-/m0/s1. The predicted molar refractivity (Wildman–Crippen MR) is 134 cm³/mol. The van der Waals surface area contributed by atoms with E-state index in [9.17, 15) is 9.59 Å². The Kier molecular flexibility index (Phi) is 7.04. The van der Waals surface area contributed by atoms with Gasteiger partial charge in [-0.05, 0) is 55.3 Å². The molecule has 0 saturated heterocycles. The molecule has 176 valence electrons. The van der Waals surface area contributed by atoms with E-state index < -0.39 is 12.0 Å². The largest absolute Gasteiger partial charge is 0.493 e. The fraction of sp³-hybridized carbons (Fsp3) is 0.240. The molecule has 0 bridgehead atoms. The number of hydrogen-bond acceptors (Lipinski definition) is 7. The molecule has 0 unspecified atom stereocenters. The molecule has 0 aliphatic carbocycles. The van der Waals surface area contributed by atoms with E-state index in [1.165, 1.54) is 11.3 Å². The Hall–Kier alpha value is -3.17. The molecule has 1 aromatic heterocycles. The lowest BCUT2D eigenvalue weighted by Crippen LogP contribution is -2.39. The number of thiazole rings is 1. The van der Waals surface area contributed by atoms with Crippen LogP contribution >= 0.6 is 27.3 Å². The number of fused-ring (bicyclic) bond motifs is 1. The van der Waals surface area contributed by atoms with Crippen molar-refractivity contribution in [3.05, 3.63) is 89.0 Å². The Morgan fingerprint density at radius 1 is 1.15 bits per heavy atom. The van der Waals surface area contributed by atoms with E-state index in [0.29, 0.717) is 37.7 Å². The summed E-state index contributed by atoms with van der Waals surface area (Å²) in [5, 5.41) is 0. The lowest BCUT2D eigenvalue weighted by molar-refractivity contribution is -0.139. The number of allylic oxidation sites excluding steroid dienone is 1. The highest BCUT2D eigenvalue weighted by Gasteiger charge is 2.33. The molecular weight excluding hydrogens is 520 g/mol. The number of esters is 1. The number of benzene rings is 2. The van der Waals surface area contributed by atoms with Crippen molar-refractivity contribution in [3.63, 3.8) is 0 Å². The van der Waals surface area contributed by atoms with Gasteiger partial charge in [-0.1, -0.05) is 45.5 Å². The Morgan fingerprint density at radius 3 is 2.50 bits per heavy atom. The van der Waals surface area contributed by atoms with Crippen molar-refractivity contribution in [1.29, 1.82) is 0 Å². The van der Waals surface area contributed by atoms with E-state index in [4.69, 9.17) is 14.2 Å². The van der Waals surface area contributed by atoms with Crippen molar-refractivity contribution >= 4 is 39.3 Å². The molecule has 0 N–H and O–H groups in total. The fourth-order valence-corrected chi connectivity index (χ4v) is 5.15. The molecule has 0 radical (unpaired) electrons. The van der Waals surface area contributed by atoms with E-state index in [1.807, 2.05) is 36.4 Å². The van der Waals surface area contributed by atoms with Crippen LogP contribution in [0.5, 0.6) is 11.5 Å². The number of hydrogen-bond donors (Lipinski definition) is 0. The third kappa shape index (κ3) is 4.45. The van der Waals surface area contributed by atoms with Gasteiger partial charge in [0.1, 0.15) is 0 Å². The summed E-state index contributed by atoms with van der Waals surface area (Å²) >= 11 is 4.71. The molecule has 0 fully saturated rings. The van der Waals surface area contributed by atoms with Gasteiger partial charge in [0.25, 0.3) is 5.56 Å². The summed E-state index contributed by atoms with van der Waals surface area (Å²) in [4.78, 5) is 31.7. The van der Waals surface area contributed by atoms with Gasteiger partial charge < -0.3 is 14.2 Å². The molecule has 2 heterocycles. The highest BCUT2D eigenvalue weighted by molar-refractivity contribution is 9.10. The number of carbonyl (C=O) groups excluding carboxylic acids is 1. The van der Waals surface area contributed by atoms with Gasteiger partial charge in [-0.25, -0.2) is 9.79 Å². The highest BCUT2D eigenvalue weighted by Crippen LogP contribution is 2.36. The minimum Gasteiger partial charge on any atom is -0.493 e. The maximum atomic E-state index is 13.6. The molecular formula is C25H23BrN2O5S. The molecule has 9 heteroatoms. The van der Waals surface area contributed by atoms with Crippen LogP contribution in [0.15, 0.2) is 68.0 Å². The van der Waals surface area contributed by atoms with Gasteiger partial charge in [0, 0.05) is 4.47 Å². The van der Waals surface area contributed by atoms with Crippen LogP contribution in [0.4, 0.5) is 0 Å². The molecule has 0 amide bonds. The predicted octanol–water partition coefficient (Wildman–Crippen LogP) is 3.58. The third-order valence-electron chi connectivity index (χ3n) is 5.41. The Morgan fingerprint density at radius 2 is 1.85 bits per heavy atom. The summed E-state index contributed by atoms with van der Waals surface area (Å²) in [6, 6.07) is 12.3. The average molecular weight is 543 g/mol. The zero-order chi connectivity index (χ0) is 24.4. The summed E-state index contributed by atoms with van der Waals surface area (Å²) in [5.41, 5.74) is 2.16. The van der Waals surface area contributed by atoms with E-state index in [-0.39, 0.29) is 12.2 Å². The summed E-state index contributed by atoms with van der Waals surface area (Å²) in [6.45, 7) is 3.71. The first-order valence-corrected chi connectivity index (χ1v) is 12.2. The summed E-state index contributed by atoms with van der Waals surface area (Å²) in [6.07, 6.45) is 1.82. The highest BCUT2D eigenvalue weighted by atomic mass is 79.9. The van der Waals surface area contributed by atoms with Crippen LogP contribution in [0.25, 0.3) is 6.08 Å². The topological polar surface area (TPSA) is 79.1 Å². The molecule has 34 heavy (non-hydrogen) atoms. The van der Waals surface area contributed by atoms with Crippen molar-refractivity contribution in [2.75, 3.05) is 20.8 Å². The van der Waals surface area contributed by atoms with Gasteiger partial charge in [0.2, 0.25) is 0 Å². The molecule has 1 atom stereocenters. The van der Waals surface area contributed by atoms with Crippen LogP contribution in [-0.2, 0) is 9.53 Å². The Labute approximate surface area is 208 Å². The fourth-order valence-electron chi connectivity index (χ4n) is 3.84. The zero-order valence-corrected chi connectivity index (χ0v) is 21.5. The number of nitrogens with zero attached hydrogens (tertiary/aromatic N) is 2. The minimum atomic E-state index is -0.720. The monoisotopic (exact) mass is 542 g/mol. The van der Waals surface area contributed by atoms with Crippen LogP contribution in [0, 0.1) is 0 Å². The van der Waals surface area contributed by atoms with Crippen LogP contribution in [0.2, 0.25) is 0 Å². The maximum absolute atomic E-state index is 13.6. The van der Waals surface area contributed by atoms with Crippen molar-refractivity contribution in [2.24, 2.45) is 4.99 Å². The van der Waals surface area contributed by atoms with Crippen molar-refractivity contribution < 1.29 is 19.0 Å². The van der Waals surface area contributed by atoms with E-state index in [1.54, 1.807) is 44.8 Å². The first-order chi connectivity index (χ1) is 16.4. The van der Waals surface area contributed by atoms with Crippen LogP contribution in [0.1, 0.15) is 31.0 Å². The summed E-state index contributed by atoms with van der Waals surface area (Å²) in [7, 11) is 3.09. The normalized spacial score (nSPS) is 15.6. The van der Waals surface area contributed by atoms with Crippen LogP contribution in [0.3, 0.4) is 0 Å². The molecule has 4 rings (SSSR count). The van der Waals surface area contributed by atoms with Crippen molar-refractivity contribution in [2.45, 2.75) is 19.9 Å². The first kappa shape index (κ1) is 24.0. The van der Waals surface area contributed by atoms with Gasteiger partial charge in [-0.3, -0.25) is 9.36 Å². The number of methoxy groups -OCH3 is 2. The smallest absolute Gasteiger partial charge is 0.338 e. The van der Waals surface area contributed by atoms with Gasteiger partial charge >= 0.3 is 5.97 Å². The second kappa shape index (κ2) is 9.99. The third-order valence-corrected chi connectivity index (χ3v) is 6.92. The van der Waals surface area contributed by atoms with Crippen molar-refractivity contribution in [3.8, 4) is 11.5 Å². The van der Waals surface area contributed by atoms with Crippen molar-refractivity contribution in [1.82, 2.24) is 4.57 Å². The molecule has 1 aliphatic heterocycles. The number of carbonyl (C=O) groups is 1. The van der Waals surface area contributed by atoms with E-state index in [0.717, 1.165) is 10.0 Å². The lowest BCUT2D eigenvalue weighted by atomic mass is 9.95. The number of rotatable bonds is 6. The minimum absolute atomic E-state index is 0.211. The molecule has 0 spiro atoms. The van der Waals surface area contributed by atoms with Crippen LogP contribution < -0.4 is 24.4 Å². The molecule has 0 saturated carbocycles. The van der Waals surface area contributed by atoms with Gasteiger partial charge in [-0.2, -0.15) is 0 Å². The summed E-state index contributed by atoms with van der Waals surface area (Å²) < 4.78 is 19.2. The quantitative estimate of drug-likeness (QED) is 0.445. The zero-order valence-electron chi connectivity index (χ0n) is 19.1. The molecule has 7 nitrogen and oxygen atoms in total. The van der Waals surface area contributed by atoms with E-state index in [2.05, 4.69) is 20.9 Å². The Balaban J connectivity index is 1.96. The van der Waals surface area contributed by atoms with E-state index >= 15 is 0 Å². The second-order valence-corrected chi connectivity index (χ2v) is 9.39. The maximum Gasteiger partial charge on any atom is 0.338 e. The number of ether oxygens (including phenoxy) is 3. The number of aromatic nitrogens is 1. The molecule has 3 aromatic rings. The molecule has 2 aromatic carbocycles. The SMILES string of the molecule is CCOC(=O)C1=C(C)N=c2s/c(=C\c3ccc(Br)cc3)c(=O)n2[C@H]1c1ccc(OC)c(OC)c1.